The summed E-state index contributed by atoms with van der Waals surface area (Å²) in [5.41, 5.74) is -0.560. The van der Waals surface area contributed by atoms with Crippen LogP contribution in [0.5, 0.6) is 11.8 Å². The number of phenols is 1. The molecule has 10 nitrogen and oxygen atoms in total. The summed E-state index contributed by atoms with van der Waals surface area (Å²) < 4.78 is 58.1. The molecule has 2 N–H and O–H groups in total. The number of pyridine rings is 1. The van der Waals surface area contributed by atoms with Crippen molar-refractivity contribution in [1.82, 2.24) is 25.2 Å². The number of carbonyl (C=O) groups is 1. The van der Waals surface area contributed by atoms with E-state index < -0.39 is 35.0 Å². The number of nitrogens with zero attached hydrogens (tertiary/aromatic N) is 5. The SMILES string of the molecule is CCc1c(F)ccc2cc(O)cc(-c3ncc4c(N5CCC6(CC5)CNC(=O)O6)nc(OC[C@@]56CCCN5C[C@H](F)C6)nc4c3F)c12. The number of carbonyl (C=O) groups excluding carboxylic acids is 1. The molecule has 0 aliphatic carbocycles. The number of aromatic nitrogens is 3. The standard InChI is InChI=1S/C34H35F3N6O4/c1-2-22-25(36)5-4-19-12-21(44)13-23(26(19)22)28-27(37)29-24(15-38-28)30(42-10-7-34(8-11-42)17-39-32(45)47-34)41-31(40-29)46-18-33-6-3-9-43(33)16-20(35)14-33/h4-5,12-13,15,20,44H,2-3,6-11,14,16-18H2,1H3,(H,39,45)/t20-,33+/m1/s1. The highest BCUT2D eigenvalue weighted by Crippen LogP contribution is 2.42. The van der Waals surface area contributed by atoms with Crippen LogP contribution in [-0.4, -0.2) is 87.7 Å². The second-order valence-corrected chi connectivity index (χ2v) is 13.3. The van der Waals surface area contributed by atoms with Crippen molar-refractivity contribution in [2.45, 2.75) is 62.8 Å². The third-order valence-electron chi connectivity index (χ3n) is 10.5. The molecule has 246 valence electrons. The van der Waals surface area contributed by atoms with E-state index in [9.17, 15) is 18.7 Å². The molecule has 2 aromatic carbocycles. The van der Waals surface area contributed by atoms with Crippen LogP contribution >= 0.6 is 0 Å². The van der Waals surface area contributed by atoms with Gasteiger partial charge in [-0.1, -0.05) is 13.0 Å². The van der Waals surface area contributed by atoms with Crippen LogP contribution in [0, 0.1) is 11.6 Å². The number of aromatic hydroxyl groups is 1. The summed E-state index contributed by atoms with van der Waals surface area (Å²) in [7, 11) is 0. The number of ether oxygens (including phenoxy) is 2. The van der Waals surface area contributed by atoms with Gasteiger partial charge in [0.15, 0.2) is 5.82 Å². The first kappa shape index (κ1) is 30.0. The highest BCUT2D eigenvalue weighted by Gasteiger charge is 2.49. The summed E-state index contributed by atoms with van der Waals surface area (Å²) in [4.78, 5) is 29.7. The van der Waals surface area contributed by atoms with E-state index in [1.54, 1.807) is 6.07 Å². The molecular formula is C34H35F3N6O4. The number of alkyl carbamates (subject to hydrolysis) is 1. The first-order valence-electron chi connectivity index (χ1n) is 16.2. The Morgan fingerprint density at radius 2 is 1.98 bits per heavy atom. The molecule has 13 heteroatoms. The molecule has 2 aromatic heterocycles. The van der Waals surface area contributed by atoms with E-state index in [1.165, 1.54) is 24.4 Å². The molecule has 1 amide bonds. The number of hydrogen-bond donors (Lipinski definition) is 2. The van der Waals surface area contributed by atoms with Crippen molar-refractivity contribution in [3.63, 3.8) is 0 Å². The quantitative estimate of drug-likeness (QED) is 0.283. The number of halogens is 3. The average molecular weight is 649 g/mol. The van der Waals surface area contributed by atoms with Gasteiger partial charge in [-0.05, 0) is 60.3 Å². The fraction of sp³-hybridized carbons (Fsp3) is 0.471. The summed E-state index contributed by atoms with van der Waals surface area (Å²) in [5.74, 6) is -0.877. The summed E-state index contributed by atoms with van der Waals surface area (Å²) in [6.07, 6.45) is 3.64. The highest BCUT2D eigenvalue weighted by molar-refractivity contribution is 6.01. The zero-order chi connectivity index (χ0) is 32.5. The summed E-state index contributed by atoms with van der Waals surface area (Å²) in [6, 6.07) is 5.75. The zero-order valence-electron chi connectivity index (χ0n) is 26.0. The van der Waals surface area contributed by atoms with Crippen molar-refractivity contribution in [3.05, 3.63) is 47.7 Å². The minimum absolute atomic E-state index is 0.0363. The predicted molar refractivity (Wildman–Crippen MR) is 168 cm³/mol. The van der Waals surface area contributed by atoms with Crippen molar-refractivity contribution in [2.24, 2.45) is 0 Å². The van der Waals surface area contributed by atoms with Crippen LogP contribution in [0.25, 0.3) is 32.9 Å². The number of rotatable bonds is 6. The molecule has 6 heterocycles. The van der Waals surface area contributed by atoms with E-state index in [2.05, 4.69) is 20.2 Å². The Labute approximate surface area is 268 Å². The number of phenolic OH excluding ortho intramolecular Hbond substituents is 1. The van der Waals surface area contributed by atoms with Gasteiger partial charge in [0.05, 0.1) is 17.5 Å². The lowest BCUT2D eigenvalue weighted by Gasteiger charge is -2.38. The van der Waals surface area contributed by atoms with Crippen LogP contribution in [0.2, 0.25) is 0 Å². The van der Waals surface area contributed by atoms with E-state index in [-0.39, 0.29) is 35.1 Å². The largest absolute Gasteiger partial charge is 0.508 e. The number of amides is 1. The second kappa shape index (κ2) is 11.1. The zero-order valence-corrected chi connectivity index (χ0v) is 26.0. The van der Waals surface area contributed by atoms with Crippen molar-refractivity contribution in [3.8, 4) is 23.0 Å². The number of benzene rings is 2. The second-order valence-electron chi connectivity index (χ2n) is 13.3. The summed E-state index contributed by atoms with van der Waals surface area (Å²) in [5, 5.41) is 14.7. The lowest BCUT2D eigenvalue weighted by atomic mass is 9.91. The first-order chi connectivity index (χ1) is 22.7. The maximum Gasteiger partial charge on any atom is 0.407 e. The molecule has 0 saturated carbocycles. The van der Waals surface area contributed by atoms with Gasteiger partial charge in [-0.25, -0.2) is 18.0 Å². The van der Waals surface area contributed by atoms with Gasteiger partial charge in [-0.3, -0.25) is 9.88 Å². The Kier molecular flexibility index (Phi) is 7.08. The fourth-order valence-corrected chi connectivity index (χ4v) is 8.10. The Hall–Kier alpha value is -4.39. The average Bonchev–Trinajstić information content (AvgIpc) is 3.71. The predicted octanol–water partition coefficient (Wildman–Crippen LogP) is 5.43. The molecule has 4 aliphatic heterocycles. The van der Waals surface area contributed by atoms with Crippen LogP contribution in [0.4, 0.5) is 23.8 Å². The number of anilines is 1. The number of hydrogen-bond acceptors (Lipinski definition) is 9. The number of fused-ring (bicyclic) bond motifs is 3. The van der Waals surface area contributed by atoms with E-state index in [0.29, 0.717) is 79.4 Å². The van der Waals surface area contributed by atoms with Crippen LogP contribution in [-0.2, 0) is 11.2 Å². The van der Waals surface area contributed by atoms with Crippen LogP contribution in [0.15, 0.2) is 30.5 Å². The maximum atomic E-state index is 16.8. The third-order valence-corrected chi connectivity index (χ3v) is 10.5. The van der Waals surface area contributed by atoms with Gasteiger partial charge >= 0.3 is 12.1 Å². The van der Waals surface area contributed by atoms with Gasteiger partial charge in [0.25, 0.3) is 0 Å². The van der Waals surface area contributed by atoms with E-state index in [1.807, 2.05) is 11.8 Å². The number of nitrogens with one attached hydrogen (secondary N) is 1. The monoisotopic (exact) mass is 648 g/mol. The molecule has 47 heavy (non-hydrogen) atoms. The fourth-order valence-electron chi connectivity index (χ4n) is 8.10. The van der Waals surface area contributed by atoms with Gasteiger partial charge in [-0.15, -0.1) is 0 Å². The first-order valence-corrected chi connectivity index (χ1v) is 16.2. The summed E-state index contributed by atoms with van der Waals surface area (Å²) >= 11 is 0. The lowest BCUT2D eigenvalue weighted by Crippen LogP contribution is -2.47. The molecule has 0 bridgehead atoms. The van der Waals surface area contributed by atoms with Crippen molar-refractivity contribution in [1.29, 1.82) is 0 Å². The normalized spacial score (nSPS) is 23.9. The molecule has 0 radical (unpaired) electrons. The van der Waals surface area contributed by atoms with Crippen molar-refractivity contribution >= 4 is 33.6 Å². The smallest absolute Gasteiger partial charge is 0.407 e. The topological polar surface area (TPSA) is 113 Å². The van der Waals surface area contributed by atoms with E-state index >= 15 is 4.39 Å². The van der Waals surface area contributed by atoms with Crippen molar-refractivity contribution < 1.29 is 32.5 Å². The van der Waals surface area contributed by atoms with E-state index in [0.717, 1.165) is 19.4 Å². The van der Waals surface area contributed by atoms with Gasteiger partial charge in [-0.2, -0.15) is 9.97 Å². The highest BCUT2D eigenvalue weighted by atomic mass is 19.1. The van der Waals surface area contributed by atoms with Crippen molar-refractivity contribution in [2.75, 3.05) is 44.2 Å². The molecule has 4 aromatic rings. The minimum atomic E-state index is -0.937. The molecular weight excluding hydrogens is 613 g/mol. The molecule has 0 unspecified atom stereocenters. The van der Waals surface area contributed by atoms with Crippen LogP contribution in [0.3, 0.4) is 0 Å². The molecule has 4 saturated heterocycles. The number of alkyl halides is 1. The minimum Gasteiger partial charge on any atom is -0.508 e. The molecule has 1 spiro atoms. The van der Waals surface area contributed by atoms with E-state index in [4.69, 9.17) is 14.5 Å². The maximum absolute atomic E-state index is 16.8. The van der Waals surface area contributed by atoms with Crippen LogP contribution < -0.4 is 15.0 Å². The number of aryl methyl sites for hydroxylation is 1. The summed E-state index contributed by atoms with van der Waals surface area (Å²) in [6.45, 7) is 4.51. The van der Waals surface area contributed by atoms with Gasteiger partial charge in [0, 0.05) is 50.7 Å². The van der Waals surface area contributed by atoms with Crippen LogP contribution in [0.1, 0.15) is 44.6 Å². The van der Waals surface area contributed by atoms with Gasteiger partial charge < -0.3 is 24.8 Å². The van der Waals surface area contributed by atoms with Gasteiger partial charge in [0.1, 0.15) is 47.0 Å². The third kappa shape index (κ3) is 4.97. The molecule has 4 fully saturated rings. The van der Waals surface area contributed by atoms with Gasteiger partial charge in [0.2, 0.25) is 0 Å². The Morgan fingerprint density at radius 3 is 2.74 bits per heavy atom. The molecule has 8 rings (SSSR count). The Bertz CT molecular complexity index is 1920. The molecule has 2 atom stereocenters. The lowest BCUT2D eigenvalue weighted by molar-refractivity contribution is 0.0366. The Balaban J connectivity index is 1.23. The Morgan fingerprint density at radius 1 is 1.15 bits per heavy atom. The number of piperidine rings is 1. The molecule has 4 aliphatic rings.